The first-order valence-electron chi connectivity index (χ1n) is 6.64. The number of hydrogen-bond donors (Lipinski definition) is 1. The van der Waals surface area contributed by atoms with Gasteiger partial charge in [-0.25, -0.2) is 4.79 Å². The van der Waals surface area contributed by atoms with Gasteiger partial charge in [0.2, 0.25) is 0 Å². The fraction of sp³-hybridized carbons (Fsp3) is 0.400. The molecular formula is C15H20N4O2. The lowest BCUT2D eigenvalue weighted by molar-refractivity contribution is 0.0516. The minimum Gasteiger partial charge on any atom is -0.444 e. The van der Waals surface area contributed by atoms with E-state index < -0.39 is 17.7 Å². The van der Waals surface area contributed by atoms with Gasteiger partial charge in [0.15, 0.2) is 0 Å². The van der Waals surface area contributed by atoms with Gasteiger partial charge in [0.1, 0.15) is 5.60 Å². The molecule has 0 aliphatic carbocycles. The number of ether oxygens (including phenoxy) is 1. The number of azide groups is 1. The number of nitrogens with zero attached hydrogens (tertiary/aromatic N) is 3. The zero-order valence-electron chi connectivity index (χ0n) is 12.5. The van der Waals surface area contributed by atoms with Crippen molar-refractivity contribution in [1.29, 1.82) is 0 Å². The summed E-state index contributed by atoms with van der Waals surface area (Å²) in [4.78, 5) is 14.5. The molecule has 0 unspecified atom stereocenters. The Kier molecular flexibility index (Phi) is 6.30. The molecule has 0 aliphatic rings. The van der Waals surface area contributed by atoms with Crippen LogP contribution < -0.4 is 5.32 Å². The normalized spacial score (nSPS) is 12.5. The van der Waals surface area contributed by atoms with E-state index in [1.54, 1.807) is 26.8 Å². The molecule has 1 amide bonds. The Labute approximate surface area is 124 Å². The van der Waals surface area contributed by atoms with Crippen LogP contribution in [-0.2, 0) is 4.74 Å². The third kappa shape index (κ3) is 7.64. The van der Waals surface area contributed by atoms with Crippen LogP contribution in [0.4, 0.5) is 4.79 Å². The second-order valence-corrected chi connectivity index (χ2v) is 5.44. The molecular weight excluding hydrogens is 268 g/mol. The molecule has 1 atom stereocenters. The van der Waals surface area contributed by atoms with Crippen LogP contribution in [0.15, 0.2) is 41.5 Å². The Bertz CT molecular complexity index is 528. The number of amides is 1. The zero-order chi connectivity index (χ0) is 15.7. The maximum Gasteiger partial charge on any atom is 0.408 e. The summed E-state index contributed by atoms with van der Waals surface area (Å²) in [7, 11) is 0. The van der Waals surface area contributed by atoms with Crippen LogP contribution in [0.25, 0.3) is 16.5 Å². The maximum absolute atomic E-state index is 11.7. The van der Waals surface area contributed by atoms with Crippen molar-refractivity contribution < 1.29 is 9.53 Å². The van der Waals surface area contributed by atoms with E-state index in [1.807, 2.05) is 36.4 Å². The lowest BCUT2D eigenvalue weighted by Gasteiger charge is -2.21. The average molecular weight is 288 g/mol. The van der Waals surface area contributed by atoms with Gasteiger partial charge in [-0.15, -0.1) is 0 Å². The Balaban J connectivity index is 2.69. The van der Waals surface area contributed by atoms with E-state index in [0.29, 0.717) is 0 Å². The van der Waals surface area contributed by atoms with Gasteiger partial charge in [-0.2, -0.15) is 0 Å². The highest BCUT2D eigenvalue weighted by Gasteiger charge is 2.17. The first-order chi connectivity index (χ1) is 9.90. The van der Waals surface area contributed by atoms with Crippen molar-refractivity contribution in [1.82, 2.24) is 5.32 Å². The van der Waals surface area contributed by atoms with Gasteiger partial charge >= 0.3 is 6.09 Å². The van der Waals surface area contributed by atoms with Crippen LogP contribution >= 0.6 is 0 Å². The van der Waals surface area contributed by atoms with Gasteiger partial charge < -0.3 is 10.1 Å². The minimum atomic E-state index is -0.573. The average Bonchev–Trinajstić information content (AvgIpc) is 2.41. The zero-order valence-corrected chi connectivity index (χ0v) is 12.5. The highest BCUT2D eigenvalue weighted by molar-refractivity contribution is 5.68. The quantitative estimate of drug-likeness (QED) is 0.506. The maximum atomic E-state index is 11.7. The fourth-order valence-electron chi connectivity index (χ4n) is 1.53. The molecule has 1 aromatic rings. The Hall–Kier alpha value is -2.46. The van der Waals surface area contributed by atoms with Crippen LogP contribution in [-0.4, -0.2) is 24.3 Å². The van der Waals surface area contributed by atoms with Crippen molar-refractivity contribution in [2.75, 3.05) is 6.54 Å². The SMILES string of the molecule is CC(C)(C)OC(=O)N[C@@H](/C=C/c1ccccc1)CN=[N+]=[N-]. The summed E-state index contributed by atoms with van der Waals surface area (Å²) < 4.78 is 5.18. The largest absolute Gasteiger partial charge is 0.444 e. The molecule has 1 aromatic carbocycles. The summed E-state index contributed by atoms with van der Waals surface area (Å²) in [6, 6.07) is 9.22. The van der Waals surface area contributed by atoms with E-state index in [4.69, 9.17) is 10.3 Å². The summed E-state index contributed by atoms with van der Waals surface area (Å²) in [6.07, 6.45) is 3.08. The molecule has 0 bridgehead atoms. The molecule has 0 heterocycles. The van der Waals surface area contributed by atoms with Crippen LogP contribution in [0.5, 0.6) is 0 Å². The molecule has 112 valence electrons. The predicted molar refractivity (Wildman–Crippen MR) is 82.6 cm³/mol. The monoisotopic (exact) mass is 288 g/mol. The van der Waals surface area contributed by atoms with Gasteiger partial charge in [0.25, 0.3) is 0 Å². The van der Waals surface area contributed by atoms with Gasteiger partial charge in [0, 0.05) is 11.5 Å². The van der Waals surface area contributed by atoms with Gasteiger partial charge in [0.05, 0.1) is 6.04 Å². The molecule has 0 radical (unpaired) electrons. The van der Waals surface area contributed by atoms with Gasteiger partial charge in [-0.1, -0.05) is 47.6 Å². The molecule has 6 heteroatoms. The molecule has 0 aromatic heterocycles. The van der Waals surface area contributed by atoms with Crippen LogP contribution in [0.2, 0.25) is 0 Å². The third-order valence-corrected chi connectivity index (χ3v) is 2.36. The minimum absolute atomic E-state index is 0.124. The van der Waals surface area contributed by atoms with Crippen molar-refractivity contribution in [2.45, 2.75) is 32.4 Å². The first kappa shape index (κ1) is 16.6. The molecule has 0 saturated carbocycles. The molecule has 0 fully saturated rings. The summed E-state index contributed by atoms with van der Waals surface area (Å²) in [5.41, 5.74) is 8.83. The Morgan fingerprint density at radius 1 is 1.43 bits per heavy atom. The molecule has 6 nitrogen and oxygen atoms in total. The lowest BCUT2D eigenvalue weighted by Crippen LogP contribution is -2.39. The molecule has 0 aliphatic heterocycles. The van der Waals surface area contributed by atoms with E-state index in [9.17, 15) is 4.79 Å². The number of carbonyl (C=O) groups is 1. The van der Waals surface area contributed by atoms with Crippen molar-refractivity contribution in [3.8, 4) is 0 Å². The van der Waals surface area contributed by atoms with E-state index in [0.717, 1.165) is 5.56 Å². The number of benzene rings is 1. The number of nitrogens with one attached hydrogen (secondary N) is 1. The Morgan fingerprint density at radius 2 is 2.10 bits per heavy atom. The molecule has 0 saturated heterocycles. The Morgan fingerprint density at radius 3 is 2.67 bits per heavy atom. The van der Waals surface area contributed by atoms with E-state index in [-0.39, 0.29) is 6.54 Å². The van der Waals surface area contributed by atoms with Gasteiger partial charge in [-0.05, 0) is 31.9 Å². The molecule has 1 N–H and O–H groups in total. The summed E-state index contributed by atoms with van der Waals surface area (Å²) in [5, 5.41) is 6.16. The summed E-state index contributed by atoms with van der Waals surface area (Å²) in [6.45, 7) is 5.48. The second kappa shape index (κ2) is 7.97. The predicted octanol–water partition coefficient (Wildman–Crippen LogP) is 3.90. The molecule has 21 heavy (non-hydrogen) atoms. The van der Waals surface area contributed by atoms with Crippen molar-refractivity contribution >= 4 is 12.2 Å². The topological polar surface area (TPSA) is 87.1 Å². The standard InChI is InChI=1S/C15H20N4O2/c1-15(2,3)21-14(20)18-13(11-17-19-16)10-9-12-7-5-4-6-8-12/h4-10,13H,11H2,1-3H3,(H,18,20)/b10-9+/t13-/m0/s1. The second-order valence-electron chi connectivity index (χ2n) is 5.44. The highest BCUT2D eigenvalue weighted by atomic mass is 16.6. The van der Waals surface area contributed by atoms with E-state index in [1.165, 1.54) is 0 Å². The number of rotatable bonds is 5. The fourth-order valence-corrected chi connectivity index (χ4v) is 1.53. The lowest BCUT2D eigenvalue weighted by atomic mass is 10.1. The van der Waals surface area contributed by atoms with Crippen LogP contribution in [0.3, 0.4) is 0 Å². The molecule has 0 spiro atoms. The smallest absolute Gasteiger partial charge is 0.408 e. The van der Waals surface area contributed by atoms with Crippen LogP contribution in [0.1, 0.15) is 26.3 Å². The number of carbonyl (C=O) groups excluding carboxylic acids is 1. The van der Waals surface area contributed by atoms with Crippen LogP contribution in [0, 0.1) is 0 Å². The summed E-state index contributed by atoms with van der Waals surface area (Å²) >= 11 is 0. The highest BCUT2D eigenvalue weighted by Crippen LogP contribution is 2.08. The van der Waals surface area contributed by atoms with E-state index >= 15 is 0 Å². The van der Waals surface area contributed by atoms with Crippen molar-refractivity contribution in [3.05, 3.63) is 52.4 Å². The number of hydrogen-bond acceptors (Lipinski definition) is 3. The van der Waals surface area contributed by atoms with Crippen molar-refractivity contribution in [2.24, 2.45) is 5.11 Å². The van der Waals surface area contributed by atoms with Crippen molar-refractivity contribution in [3.63, 3.8) is 0 Å². The molecule has 1 rings (SSSR count). The summed E-state index contributed by atoms with van der Waals surface area (Å²) in [5.74, 6) is 0. The third-order valence-electron chi connectivity index (χ3n) is 2.36. The van der Waals surface area contributed by atoms with Gasteiger partial charge in [-0.3, -0.25) is 0 Å². The number of alkyl carbamates (subject to hydrolysis) is 1. The van der Waals surface area contributed by atoms with E-state index in [2.05, 4.69) is 15.3 Å². The first-order valence-corrected chi connectivity index (χ1v) is 6.64.